The molecule has 1 unspecified atom stereocenters. The topological polar surface area (TPSA) is 44.5 Å². The fourth-order valence-electron chi connectivity index (χ4n) is 1.28. The number of hydrogen-bond acceptors (Lipinski definition) is 3. The van der Waals surface area contributed by atoms with Gasteiger partial charge in [-0.2, -0.15) is 30.7 Å². The Morgan fingerprint density at radius 1 is 0.920 bits per heavy atom. The second kappa shape index (κ2) is 7.16. The van der Waals surface area contributed by atoms with Crippen molar-refractivity contribution in [1.29, 1.82) is 0 Å². The van der Waals surface area contributed by atoms with E-state index in [1.54, 1.807) is 0 Å². The lowest BCUT2D eigenvalue weighted by Crippen LogP contribution is -2.54. The van der Waals surface area contributed by atoms with E-state index >= 15 is 0 Å². The average Bonchev–Trinajstić information content (AvgIpc) is 2.40. The highest BCUT2D eigenvalue weighted by Gasteiger charge is 2.69. The van der Waals surface area contributed by atoms with E-state index in [2.05, 4.69) is 9.47 Å². The van der Waals surface area contributed by atoms with Crippen LogP contribution in [0.2, 0.25) is 10.0 Å². The van der Waals surface area contributed by atoms with Crippen molar-refractivity contribution in [3.63, 3.8) is 0 Å². The standard InChI is InChI=1S/C11H6Cl2F9NO2/c12-4-1-3(23)2-5(13)6(4)24-8(16)10(19,20)25-11(21,22)9(17,18)7(14)15/h1-2,7-8H,23H2. The lowest BCUT2D eigenvalue weighted by molar-refractivity contribution is -0.463. The van der Waals surface area contributed by atoms with Crippen molar-refractivity contribution in [3.05, 3.63) is 22.2 Å². The first kappa shape index (κ1) is 21.8. The second-order valence-electron chi connectivity index (χ2n) is 4.35. The zero-order valence-electron chi connectivity index (χ0n) is 11.4. The highest BCUT2D eigenvalue weighted by atomic mass is 35.5. The van der Waals surface area contributed by atoms with E-state index in [9.17, 15) is 39.5 Å². The van der Waals surface area contributed by atoms with Crippen molar-refractivity contribution in [1.82, 2.24) is 0 Å². The number of halogens is 11. The molecule has 1 atom stereocenters. The summed E-state index contributed by atoms with van der Waals surface area (Å²) in [6, 6.07) is 1.71. The minimum Gasteiger partial charge on any atom is -0.449 e. The summed E-state index contributed by atoms with van der Waals surface area (Å²) >= 11 is 10.9. The predicted octanol–water partition coefficient (Wildman–Crippen LogP) is 5.35. The predicted molar refractivity (Wildman–Crippen MR) is 68.3 cm³/mol. The minimum absolute atomic E-state index is 0.108. The number of alkyl halides is 9. The molecule has 0 fully saturated rings. The van der Waals surface area contributed by atoms with Gasteiger partial charge >= 0.3 is 30.9 Å². The van der Waals surface area contributed by atoms with E-state index < -0.39 is 46.7 Å². The molecule has 0 aliphatic rings. The van der Waals surface area contributed by atoms with Crippen LogP contribution in [-0.4, -0.2) is 30.9 Å². The van der Waals surface area contributed by atoms with Gasteiger partial charge < -0.3 is 10.5 Å². The van der Waals surface area contributed by atoms with Crippen molar-refractivity contribution in [2.45, 2.75) is 30.9 Å². The number of rotatable bonds is 7. The summed E-state index contributed by atoms with van der Waals surface area (Å²) < 4.78 is 121. The number of nitrogens with two attached hydrogens (primary N) is 1. The maximum absolute atomic E-state index is 13.4. The van der Waals surface area contributed by atoms with Gasteiger partial charge in [-0.3, -0.25) is 0 Å². The Balaban J connectivity index is 3.03. The molecule has 0 amide bonds. The van der Waals surface area contributed by atoms with Gasteiger partial charge in [-0.05, 0) is 12.1 Å². The summed E-state index contributed by atoms with van der Waals surface area (Å²) in [6.07, 6.45) is -21.4. The molecule has 3 nitrogen and oxygen atoms in total. The Morgan fingerprint density at radius 3 is 1.76 bits per heavy atom. The molecule has 0 bridgehead atoms. The van der Waals surface area contributed by atoms with E-state index in [4.69, 9.17) is 28.9 Å². The Kier molecular flexibility index (Phi) is 6.23. The molecule has 0 radical (unpaired) electrons. The van der Waals surface area contributed by atoms with Crippen LogP contribution in [0.5, 0.6) is 5.75 Å². The maximum Gasteiger partial charge on any atom is 0.430 e. The van der Waals surface area contributed by atoms with Crippen LogP contribution in [0.15, 0.2) is 12.1 Å². The third-order valence-electron chi connectivity index (χ3n) is 2.43. The average molecular weight is 426 g/mol. The third-order valence-corrected chi connectivity index (χ3v) is 2.99. The summed E-state index contributed by atoms with van der Waals surface area (Å²) in [5.74, 6) is -7.33. The normalized spacial score (nSPS) is 14.7. The van der Waals surface area contributed by atoms with Gasteiger partial charge in [-0.1, -0.05) is 23.2 Å². The molecule has 144 valence electrons. The van der Waals surface area contributed by atoms with E-state index in [1.807, 2.05) is 0 Å². The molecule has 0 heterocycles. The number of benzene rings is 1. The molecule has 1 rings (SSSR count). The van der Waals surface area contributed by atoms with Crippen molar-refractivity contribution in [3.8, 4) is 5.75 Å². The summed E-state index contributed by atoms with van der Waals surface area (Å²) in [7, 11) is 0. The molecular formula is C11H6Cl2F9NO2. The highest BCUT2D eigenvalue weighted by Crippen LogP contribution is 2.45. The van der Waals surface area contributed by atoms with Crippen molar-refractivity contribution < 1.29 is 49.0 Å². The number of ether oxygens (including phenoxy) is 2. The molecule has 1 aromatic carbocycles. The molecule has 0 aliphatic carbocycles. The van der Waals surface area contributed by atoms with Crippen molar-refractivity contribution in [2.24, 2.45) is 0 Å². The van der Waals surface area contributed by atoms with Gasteiger partial charge in [0.2, 0.25) is 0 Å². The largest absolute Gasteiger partial charge is 0.449 e. The summed E-state index contributed by atoms with van der Waals surface area (Å²) in [4.78, 5) is 0. The zero-order chi connectivity index (χ0) is 19.8. The Hall–Kier alpha value is -1.27. The van der Waals surface area contributed by atoms with Gasteiger partial charge in [-0.25, -0.2) is 13.5 Å². The number of nitrogen functional groups attached to an aromatic ring is 1. The van der Waals surface area contributed by atoms with E-state index in [0.29, 0.717) is 0 Å². The molecule has 0 aromatic heterocycles. The van der Waals surface area contributed by atoms with Gasteiger partial charge in [0.15, 0.2) is 5.75 Å². The van der Waals surface area contributed by atoms with Crippen LogP contribution >= 0.6 is 23.2 Å². The Labute approximate surface area is 143 Å². The number of anilines is 1. The van der Waals surface area contributed by atoms with Gasteiger partial charge in [-0.15, -0.1) is 0 Å². The van der Waals surface area contributed by atoms with Crippen LogP contribution in [0.4, 0.5) is 45.2 Å². The number of hydrogen-bond donors (Lipinski definition) is 1. The van der Waals surface area contributed by atoms with Crippen LogP contribution in [0.25, 0.3) is 0 Å². The fraction of sp³-hybridized carbons (Fsp3) is 0.455. The molecule has 1 aromatic rings. The van der Waals surface area contributed by atoms with Gasteiger partial charge in [0.25, 0.3) is 0 Å². The van der Waals surface area contributed by atoms with E-state index in [1.165, 1.54) is 0 Å². The Morgan fingerprint density at radius 2 is 1.36 bits per heavy atom. The summed E-state index contributed by atoms with van der Waals surface area (Å²) in [5.41, 5.74) is 5.15. The first-order chi connectivity index (χ1) is 11.1. The quantitative estimate of drug-likeness (QED) is 0.472. The molecule has 0 saturated heterocycles. The SMILES string of the molecule is Nc1cc(Cl)c(OC(F)C(F)(F)OC(F)(F)C(F)(F)C(F)F)c(Cl)c1. The molecular weight excluding hydrogens is 420 g/mol. The van der Waals surface area contributed by atoms with Crippen LogP contribution in [0.1, 0.15) is 0 Å². The van der Waals surface area contributed by atoms with Crippen LogP contribution in [-0.2, 0) is 4.74 Å². The Bertz CT molecular complexity index is 607. The fourth-order valence-corrected chi connectivity index (χ4v) is 1.87. The third kappa shape index (κ3) is 4.67. The minimum atomic E-state index is -6.42. The summed E-state index contributed by atoms with van der Waals surface area (Å²) in [5, 5.41) is -1.26. The molecule has 2 N–H and O–H groups in total. The monoisotopic (exact) mass is 425 g/mol. The van der Waals surface area contributed by atoms with Crippen LogP contribution in [0, 0.1) is 0 Å². The maximum atomic E-state index is 13.4. The first-order valence-electron chi connectivity index (χ1n) is 5.79. The van der Waals surface area contributed by atoms with Crippen molar-refractivity contribution >= 4 is 28.9 Å². The molecule has 14 heteroatoms. The lowest BCUT2D eigenvalue weighted by atomic mass is 10.3. The molecule has 25 heavy (non-hydrogen) atoms. The van der Waals surface area contributed by atoms with E-state index in [0.717, 1.165) is 12.1 Å². The zero-order valence-corrected chi connectivity index (χ0v) is 12.9. The van der Waals surface area contributed by atoms with Gasteiger partial charge in [0.1, 0.15) is 0 Å². The van der Waals surface area contributed by atoms with Gasteiger partial charge in [0.05, 0.1) is 10.0 Å². The summed E-state index contributed by atoms with van der Waals surface area (Å²) in [6.45, 7) is 0. The van der Waals surface area contributed by atoms with Gasteiger partial charge in [0, 0.05) is 5.69 Å². The lowest BCUT2D eigenvalue weighted by Gasteiger charge is -2.30. The van der Waals surface area contributed by atoms with E-state index in [-0.39, 0.29) is 5.69 Å². The van der Waals surface area contributed by atoms with Crippen LogP contribution < -0.4 is 10.5 Å². The second-order valence-corrected chi connectivity index (χ2v) is 5.17. The smallest absolute Gasteiger partial charge is 0.430 e. The van der Waals surface area contributed by atoms with Crippen molar-refractivity contribution in [2.75, 3.05) is 5.73 Å². The molecule has 0 aliphatic heterocycles. The van der Waals surface area contributed by atoms with Crippen LogP contribution in [0.3, 0.4) is 0 Å². The highest BCUT2D eigenvalue weighted by molar-refractivity contribution is 6.37. The molecule has 0 saturated carbocycles. The first-order valence-corrected chi connectivity index (χ1v) is 6.54. The molecule has 0 spiro atoms.